The molecule has 0 saturated carbocycles. The summed E-state index contributed by atoms with van der Waals surface area (Å²) in [5.74, 6) is 0. The van der Waals surface area contributed by atoms with Crippen LogP contribution in [0.2, 0.25) is 0 Å². The van der Waals surface area contributed by atoms with Gasteiger partial charge in [-0.1, -0.05) is 60.7 Å². The summed E-state index contributed by atoms with van der Waals surface area (Å²) >= 11 is 1.83. The summed E-state index contributed by atoms with van der Waals surface area (Å²) in [6, 6.07) is 23.8. The van der Waals surface area contributed by atoms with Crippen molar-refractivity contribution in [2.24, 2.45) is 0 Å². The molecule has 1 N–H and O–H groups in total. The second-order valence-electron chi connectivity index (χ2n) is 8.95. The highest BCUT2D eigenvalue weighted by Gasteiger charge is 2.35. The third kappa shape index (κ3) is 3.02. The first kappa shape index (κ1) is 19.6. The van der Waals surface area contributed by atoms with Crippen LogP contribution in [0.4, 0.5) is 0 Å². The molecule has 0 aliphatic rings. The van der Waals surface area contributed by atoms with Gasteiger partial charge in [-0.05, 0) is 60.8 Å². The van der Waals surface area contributed by atoms with Gasteiger partial charge in [0, 0.05) is 20.2 Å². The van der Waals surface area contributed by atoms with E-state index in [0.29, 0.717) is 0 Å². The Morgan fingerprint density at radius 2 is 1.50 bits per heavy atom. The molecule has 0 unspecified atom stereocenters. The summed E-state index contributed by atoms with van der Waals surface area (Å²) in [6.45, 7) is 7.38. The van der Waals surface area contributed by atoms with Crippen LogP contribution in [0.1, 0.15) is 27.7 Å². The quantitative estimate of drug-likeness (QED) is 0.283. The standard InChI is InChI=1S/C26H24BO2S/c1-25(2,28)26(3,4)29-27-20-10-7-11-21-23(20)19-15-14-17-13-12-16-8-5-6-9-18(16)22(17)24(19)30-21/h5-15,28H,1-4H3. The number of fused-ring (bicyclic) bond motifs is 7. The number of benzene rings is 4. The van der Waals surface area contributed by atoms with Crippen molar-refractivity contribution in [2.45, 2.75) is 38.9 Å². The van der Waals surface area contributed by atoms with Gasteiger partial charge in [0.25, 0.3) is 0 Å². The highest BCUT2D eigenvalue weighted by Crippen LogP contribution is 2.40. The maximum Gasteiger partial charge on any atom is 0.331 e. The summed E-state index contributed by atoms with van der Waals surface area (Å²) in [6.07, 6.45) is 0. The lowest BCUT2D eigenvalue weighted by Gasteiger charge is -2.37. The zero-order valence-corrected chi connectivity index (χ0v) is 18.5. The normalized spacial score (nSPS) is 13.0. The SMILES string of the molecule is CC(C)(O)C(C)(C)O[B]c1cccc2sc3c(ccc4ccc5ccccc5c43)c12. The average Bonchev–Trinajstić information content (AvgIpc) is 3.10. The number of thiophene rings is 1. The lowest BCUT2D eigenvalue weighted by molar-refractivity contribution is -0.0893. The third-order valence-corrected chi connectivity index (χ3v) is 7.54. The Morgan fingerprint density at radius 1 is 0.767 bits per heavy atom. The number of hydrogen-bond donors (Lipinski definition) is 1. The van der Waals surface area contributed by atoms with E-state index in [1.807, 2.05) is 25.2 Å². The van der Waals surface area contributed by atoms with Crippen LogP contribution in [-0.4, -0.2) is 23.8 Å². The highest BCUT2D eigenvalue weighted by atomic mass is 32.1. The monoisotopic (exact) mass is 411 g/mol. The molecule has 0 aliphatic carbocycles. The lowest BCUT2D eigenvalue weighted by atomic mass is 9.80. The number of rotatable bonds is 4. The molecule has 5 aromatic rings. The van der Waals surface area contributed by atoms with Crippen LogP contribution in [0.3, 0.4) is 0 Å². The Bertz CT molecular complexity index is 1410. The molecule has 0 aliphatic heterocycles. The van der Waals surface area contributed by atoms with E-state index in [1.54, 1.807) is 21.3 Å². The first-order valence-electron chi connectivity index (χ1n) is 10.3. The molecular formula is C26H24BO2S. The summed E-state index contributed by atoms with van der Waals surface area (Å²) < 4.78 is 8.64. The number of aliphatic hydroxyl groups is 1. The first-order valence-corrected chi connectivity index (χ1v) is 11.1. The van der Waals surface area contributed by atoms with Gasteiger partial charge < -0.3 is 9.76 Å². The van der Waals surface area contributed by atoms with E-state index >= 15 is 0 Å². The van der Waals surface area contributed by atoms with Crippen molar-refractivity contribution >= 4 is 66.0 Å². The Balaban J connectivity index is 1.73. The fourth-order valence-electron chi connectivity index (χ4n) is 3.85. The van der Waals surface area contributed by atoms with Crippen LogP contribution in [-0.2, 0) is 4.65 Å². The van der Waals surface area contributed by atoms with Gasteiger partial charge in [-0.3, -0.25) is 0 Å². The van der Waals surface area contributed by atoms with Crippen LogP contribution < -0.4 is 5.46 Å². The van der Waals surface area contributed by atoms with Gasteiger partial charge in [0.05, 0.1) is 11.2 Å². The molecule has 0 saturated heterocycles. The molecule has 0 bridgehead atoms. The Kier molecular flexibility index (Phi) is 4.44. The molecule has 5 rings (SSSR count). The molecule has 0 amide bonds. The second kappa shape index (κ2) is 6.81. The maximum atomic E-state index is 10.4. The van der Waals surface area contributed by atoms with E-state index in [9.17, 15) is 5.11 Å². The van der Waals surface area contributed by atoms with Crippen molar-refractivity contribution < 1.29 is 9.76 Å². The van der Waals surface area contributed by atoms with Crippen molar-refractivity contribution in [1.29, 1.82) is 0 Å². The fraction of sp³-hybridized carbons (Fsp3) is 0.231. The Labute approximate surface area is 181 Å². The van der Waals surface area contributed by atoms with Crippen LogP contribution >= 0.6 is 11.3 Å². The lowest BCUT2D eigenvalue weighted by Crippen LogP contribution is -2.49. The molecular weight excluding hydrogens is 387 g/mol. The largest absolute Gasteiger partial charge is 0.427 e. The van der Waals surface area contributed by atoms with E-state index in [0.717, 1.165) is 5.46 Å². The molecule has 1 heterocycles. The predicted octanol–water partition coefficient (Wildman–Crippen LogP) is 6.17. The maximum absolute atomic E-state index is 10.4. The van der Waals surface area contributed by atoms with E-state index < -0.39 is 11.2 Å². The highest BCUT2D eigenvalue weighted by molar-refractivity contribution is 7.27. The van der Waals surface area contributed by atoms with Crippen LogP contribution in [0.5, 0.6) is 0 Å². The van der Waals surface area contributed by atoms with Crippen LogP contribution in [0.25, 0.3) is 41.7 Å². The van der Waals surface area contributed by atoms with Crippen LogP contribution in [0.15, 0.2) is 66.7 Å². The minimum absolute atomic E-state index is 0.704. The molecule has 0 fully saturated rings. The molecule has 0 atom stereocenters. The van der Waals surface area contributed by atoms with Crippen molar-refractivity contribution in [3.05, 3.63) is 66.7 Å². The Morgan fingerprint density at radius 3 is 2.30 bits per heavy atom. The summed E-state index contributed by atoms with van der Waals surface area (Å²) in [5.41, 5.74) is -0.622. The van der Waals surface area contributed by atoms with Crippen molar-refractivity contribution in [1.82, 2.24) is 0 Å². The summed E-state index contributed by atoms with van der Waals surface area (Å²) in [4.78, 5) is 0. The minimum atomic E-state index is -0.955. The van der Waals surface area contributed by atoms with E-state index in [2.05, 4.69) is 66.7 Å². The minimum Gasteiger partial charge on any atom is -0.427 e. The number of hydrogen-bond acceptors (Lipinski definition) is 3. The van der Waals surface area contributed by atoms with Gasteiger partial charge in [-0.2, -0.15) is 0 Å². The van der Waals surface area contributed by atoms with Gasteiger partial charge in [0.2, 0.25) is 0 Å². The molecule has 4 heteroatoms. The molecule has 2 nitrogen and oxygen atoms in total. The Hall–Kier alpha value is -2.40. The molecule has 30 heavy (non-hydrogen) atoms. The smallest absolute Gasteiger partial charge is 0.331 e. The van der Waals surface area contributed by atoms with Gasteiger partial charge in [-0.15, -0.1) is 11.3 Å². The zero-order chi connectivity index (χ0) is 21.1. The van der Waals surface area contributed by atoms with Gasteiger partial charge in [0.15, 0.2) is 0 Å². The summed E-state index contributed by atoms with van der Waals surface area (Å²) in [7, 11) is 1.81. The van der Waals surface area contributed by atoms with Crippen molar-refractivity contribution in [3.63, 3.8) is 0 Å². The molecule has 0 spiro atoms. The van der Waals surface area contributed by atoms with E-state index in [-0.39, 0.29) is 0 Å². The molecule has 1 aromatic heterocycles. The van der Waals surface area contributed by atoms with Crippen molar-refractivity contribution in [2.75, 3.05) is 0 Å². The topological polar surface area (TPSA) is 29.5 Å². The van der Waals surface area contributed by atoms with Crippen LogP contribution in [0, 0.1) is 0 Å². The van der Waals surface area contributed by atoms with Gasteiger partial charge >= 0.3 is 7.48 Å². The zero-order valence-electron chi connectivity index (χ0n) is 17.7. The van der Waals surface area contributed by atoms with Gasteiger partial charge in [-0.25, -0.2) is 0 Å². The third-order valence-electron chi connectivity index (χ3n) is 6.36. The molecule has 149 valence electrons. The second-order valence-corrected chi connectivity index (χ2v) is 10.0. The molecule has 1 radical (unpaired) electrons. The van der Waals surface area contributed by atoms with Gasteiger partial charge in [0.1, 0.15) is 0 Å². The van der Waals surface area contributed by atoms with Crippen molar-refractivity contribution in [3.8, 4) is 0 Å². The molecule has 4 aromatic carbocycles. The predicted molar refractivity (Wildman–Crippen MR) is 131 cm³/mol. The van der Waals surface area contributed by atoms with E-state index in [1.165, 1.54) is 41.7 Å². The van der Waals surface area contributed by atoms with E-state index in [4.69, 9.17) is 4.65 Å². The summed E-state index contributed by atoms with van der Waals surface area (Å²) in [5, 5.41) is 18.0. The first-order chi connectivity index (χ1) is 14.3. The average molecular weight is 411 g/mol. The fourth-order valence-corrected chi connectivity index (χ4v) is 5.16.